The molecule has 2 aromatic carbocycles. The molecule has 0 radical (unpaired) electrons. The second kappa shape index (κ2) is 7.02. The Morgan fingerprint density at radius 3 is 2.67 bits per heavy atom. The zero-order valence-corrected chi connectivity index (χ0v) is 15.4. The highest BCUT2D eigenvalue weighted by molar-refractivity contribution is 5.82. The maximum Gasteiger partial charge on any atom is 0.223 e. The molecule has 1 heterocycles. The number of halogens is 1. The molecule has 3 aromatic rings. The van der Waals surface area contributed by atoms with Gasteiger partial charge in [0.1, 0.15) is 17.7 Å². The Kier molecular flexibility index (Phi) is 4.56. The molecule has 0 spiro atoms. The van der Waals surface area contributed by atoms with Crippen molar-refractivity contribution < 1.29 is 13.9 Å². The summed E-state index contributed by atoms with van der Waals surface area (Å²) < 4.78 is 20.9. The first-order valence-electron chi connectivity index (χ1n) is 9.22. The van der Waals surface area contributed by atoms with E-state index in [0.717, 1.165) is 35.2 Å². The lowest BCUT2D eigenvalue weighted by Crippen LogP contribution is -2.43. The number of benzene rings is 2. The zero-order chi connectivity index (χ0) is 19.0. The first-order chi connectivity index (χ1) is 13.0. The average molecular weight is 367 g/mol. The molecule has 140 valence electrons. The van der Waals surface area contributed by atoms with E-state index in [1.54, 1.807) is 23.0 Å². The first-order valence-corrected chi connectivity index (χ1v) is 9.22. The number of rotatable bonds is 6. The van der Waals surface area contributed by atoms with Gasteiger partial charge in [-0.25, -0.2) is 9.07 Å². The van der Waals surface area contributed by atoms with Crippen LogP contribution in [0.5, 0.6) is 5.75 Å². The van der Waals surface area contributed by atoms with Crippen LogP contribution in [-0.4, -0.2) is 27.8 Å². The molecule has 1 amide bonds. The molecule has 1 N–H and O–H groups in total. The Morgan fingerprint density at radius 1 is 1.22 bits per heavy atom. The number of carbonyl (C=O) groups is 1. The minimum absolute atomic E-state index is 0.0734. The first kappa shape index (κ1) is 17.5. The Labute approximate surface area is 157 Å². The van der Waals surface area contributed by atoms with Gasteiger partial charge in [0, 0.05) is 11.3 Å². The highest BCUT2D eigenvalue weighted by Crippen LogP contribution is 2.29. The van der Waals surface area contributed by atoms with Crippen molar-refractivity contribution in [2.45, 2.75) is 38.8 Å². The van der Waals surface area contributed by atoms with Gasteiger partial charge in [-0.3, -0.25) is 4.79 Å². The van der Waals surface area contributed by atoms with Gasteiger partial charge in [-0.2, -0.15) is 5.10 Å². The largest absolute Gasteiger partial charge is 0.489 e. The molecule has 0 saturated heterocycles. The summed E-state index contributed by atoms with van der Waals surface area (Å²) >= 11 is 0. The predicted molar refractivity (Wildman–Crippen MR) is 101 cm³/mol. The van der Waals surface area contributed by atoms with Crippen LogP contribution in [-0.2, 0) is 4.79 Å². The fourth-order valence-corrected chi connectivity index (χ4v) is 2.99. The molecule has 0 unspecified atom stereocenters. The lowest BCUT2D eigenvalue weighted by molar-refractivity contribution is -0.123. The minimum Gasteiger partial charge on any atom is -0.489 e. The van der Waals surface area contributed by atoms with E-state index in [1.165, 1.54) is 12.1 Å². The van der Waals surface area contributed by atoms with Gasteiger partial charge >= 0.3 is 0 Å². The number of hydrogen-bond acceptors (Lipinski definition) is 3. The Bertz CT molecular complexity index is 963. The van der Waals surface area contributed by atoms with E-state index in [-0.39, 0.29) is 29.8 Å². The second-order valence-electron chi connectivity index (χ2n) is 7.15. The smallest absolute Gasteiger partial charge is 0.223 e. The summed E-state index contributed by atoms with van der Waals surface area (Å²) in [7, 11) is 0. The molecule has 2 atom stereocenters. The van der Waals surface area contributed by atoms with E-state index in [4.69, 9.17) is 4.74 Å². The number of amides is 1. The molecule has 6 heteroatoms. The molecule has 1 aromatic heterocycles. The Hall–Kier alpha value is -2.89. The van der Waals surface area contributed by atoms with Gasteiger partial charge in [-0.15, -0.1) is 0 Å². The third-order valence-corrected chi connectivity index (χ3v) is 4.95. The summed E-state index contributed by atoms with van der Waals surface area (Å²) in [4.78, 5) is 11.9. The fraction of sp³-hybridized carbons (Fsp3) is 0.333. The Balaban J connectivity index is 1.48. The lowest BCUT2D eigenvalue weighted by atomic mass is 10.2. The third-order valence-electron chi connectivity index (χ3n) is 4.95. The molecular weight excluding hydrogens is 345 g/mol. The quantitative estimate of drug-likeness (QED) is 0.720. The highest BCUT2D eigenvalue weighted by atomic mass is 19.1. The maximum atomic E-state index is 13.1. The second-order valence-corrected chi connectivity index (χ2v) is 7.15. The number of carbonyl (C=O) groups excluding carboxylic acids is 1. The van der Waals surface area contributed by atoms with Crippen LogP contribution in [0.15, 0.2) is 48.7 Å². The van der Waals surface area contributed by atoms with Crippen molar-refractivity contribution in [1.29, 1.82) is 0 Å². The average Bonchev–Trinajstić information content (AvgIpc) is 3.43. The summed E-state index contributed by atoms with van der Waals surface area (Å²) in [5, 5.41) is 8.35. The standard InChI is InChI=1S/C21H22FN3O2/c1-13(24-21(26)15-3-4-15)14(2)27-19-9-10-20-16(11-19)12-23-25(20)18-7-5-17(22)6-8-18/h5-15H,3-4H2,1-2H3,(H,24,26)/t13-,14+/m0/s1. The summed E-state index contributed by atoms with van der Waals surface area (Å²) in [5.74, 6) is 0.756. The monoisotopic (exact) mass is 367 g/mol. The maximum absolute atomic E-state index is 13.1. The van der Waals surface area contributed by atoms with Crippen molar-refractivity contribution in [3.05, 3.63) is 54.5 Å². The molecule has 1 aliphatic rings. The lowest BCUT2D eigenvalue weighted by Gasteiger charge is -2.22. The molecule has 27 heavy (non-hydrogen) atoms. The number of nitrogens with one attached hydrogen (secondary N) is 1. The van der Waals surface area contributed by atoms with Crippen LogP contribution < -0.4 is 10.1 Å². The van der Waals surface area contributed by atoms with Gasteiger partial charge in [0.2, 0.25) is 5.91 Å². The van der Waals surface area contributed by atoms with Crippen LogP contribution in [0.4, 0.5) is 4.39 Å². The number of fused-ring (bicyclic) bond motifs is 1. The van der Waals surface area contributed by atoms with E-state index in [1.807, 2.05) is 32.0 Å². The van der Waals surface area contributed by atoms with Crippen LogP contribution in [0.3, 0.4) is 0 Å². The minimum atomic E-state index is -0.275. The predicted octanol–water partition coefficient (Wildman–Crippen LogP) is 3.85. The third kappa shape index (κ3) is 3.79. The van der Waals surface area contributed by atoms with E-state index in [0.29, 0.717) is 0 Å². The van der Waals surface area contributed by atoms with Gasteiger partial charge < -0.3 is 10.1 Å². The van der Waals surface area contributed by atoms with E-state index in [9.17, 15) is 9.18 Å². The molecule has 1 saturated carbocycles. The molecule has 0 aliphatic heterocycles. The van der Waals surface area contributed by atoms with Crippen LogP contribution >= 0.6 is 0 Å². The van der Waals surface area contributed by atoms with Gasteiger partial charge in [0.25, 0.3) is 0 Å². The number of ether oxygens (including phenoxy) is 1. The van der Waals surface area contributed by atoms with Crippen molar-refractivity contribution >= 4 is 16.8 Å². The number of nitrogens with zero attached hydrogens (tertiary/aromatic N) is 2. The van der Waals surface area contributed by atoms with Gasteiger partial charge in [-0.05, 0) is 69.2 Å². The van der Waals surface area contributed by atoms with Crippen LogP contribution in [0.2, 0.25) is 0 Å². The summed E-state index contributed by atoms with van der Waals surface area (Å²) in [5.41, 5.74) is 1.71. The SMILES string of the molecule is C[C@H](NC(=O)C1CC1)[C@@H](C)Oc1ccc2c(cnn2-c2ccc(F)cc2)c1. The molecular formula is C21H22FN3O2. The summed E-state index contributed by atoms with van der Waals surface area (Å²) in [6.45, 7) is 3.90. The highest BCUT2D eigenvalue weighted by Gasteiger charge is 2.31. The van der Waals surface area contributed by atoms with E-state index in [2.05, 4.69) is 10.4 Å². The molecule has 5 nitrogen and oxygen atoms in total. The summed E-state index contributed by atoms with van der Waals surface area (Å²) in [6, 6.07) is 11.9. The molecule has 1 aliphatic carbocycles. The Morgan fingerprint density at radius 2 is 1.96 bits per heavy atom. The van der Waals surface area contributed by atoms with Crippen molar-refractivity contribution in [2.75, 3.05) is 0 Å². The summed E-state index contributed by atoms with van der Waals surface area (Å²) in [6.07, 6.45) is 3.58. The van der Waals surface area contributed by atoms with Crippen LogP contribution in [0.25, 0.3) is 16.6 Å². The van der Waals surface area contributed by atoms with E-state index < -0.39 is 0 Å². The van der Waals surface area contributed by atoms with Crippen molar-refractivity contribution in [1.82, 2.24) is 15.1 Å². The zero-order valence-electron chi connectivity index (χ0n) is 15.4. The molecule has 1 fully saturated rings. The molecule has 0 bridgehead atoms. The normalized spacial score (nSPS) is 16.1. The molecule has 4 rings (SSSR count). The van der Waals surface area contributed by atoms with Crippen molar-refractivity contribution in [3.8, 4) is 11.4 Å². The van der Waals surface area contributed by atoms with Gasteiger partial charge in [0.05, 0.1) is 23.4 Å². The van der Waals surface area contributed by atoms with Crippen LogP contribution in [0, 0.1) is 11.7 Å². The van der Waals surface area contributed by atoms with Gasteiger partial charge in [0.15, 0.2) is 0 Å². The van der Waals surface area contributed by atoms with Crippen molar-refractivity contribution in [2.24, 2.45) is 5.92 Å². The van der Waals surface area contributed by atoms with Gasteiger partial charge in [-0.1, -0.05) is 0 Å². The van der Waals surface area contributed by atoms with Crippen LogP contribution in [0.1, 0.15) is 26.7 Å². The topological polar surface area (TPSA) is 56.1 Å². The van der Waals surface area contributed by atoms with E-state index >= 15 is 0 Å². The van der Waals surface area contributed by atoms with Crippen molar-refractivity contribution in [3.63, 3.8) is 0 Å². The number of hydrogen-bond donors (Lipinski definition) is 1. The fourth-order valence-electron chi connectivity index (χ4n) is 2.99. The number of aromatic nitrogens is 2.